The molecule has 0 bridgehead atoms. The first kappa shape index (κ1) is 14.1. The van der Waals surface area contributed by atoms with Gasteiger partial charge in [0.05, 0.1) is 25.2 Å². The van der Waals surface area contributed by atoms with Gasteiger partial charge in [0.1, 0.15) is 18.0 Å². The average Bonchev–Trinajstić information content (AvgIpc) is 2.37. The summed E-state index contributed by atoms with van der Waals surface area (Å²) in [6.45, 7) is 0. The summed E-state index contributed by atoms with van der Waals surface area (Å²) >= 11 is 0. The van der Waals surface area contributed by atoms with Crippen molar-refractivity contribution < 1.29 is 24.1 Å². The lowest BCUT2D eigenvalue weighted by atomic mass is 10.0. The van der Waals surface area contributed by atoms with E-state index in [0.29, 0.717) is 0 Å². The number of esters is 1. The highest BCUT2D eigenvalue weighted by Gasteiger charge is 2.22. The topological polar surface area (TPSA) is 90.6 Å². The Morgan fingerprint density at radius 2 is 2.22 bits per heavy atom. The Morgan fingerprint density at radius 3 is 2.72 bits per heavy atom. The van der Waals surface area contributed by atoms with Crippen LogP contribution in [-0.2, 0) is 9.53 Å². The number of ether oxygens (including phenoxy) is 1. The standard InChI is InChI=1S/C12H12FNO4/c1-18-11(16)5-10(15)12(17)7-2-3-8(6-14)9(13)4-7/h2-4,10,12,15,17H,5H2,1H3. The van der Waals surface area contributed by atoms with Gasteiger partial charge in [-0.05, 0) is 17.7 Å². The molecular formula is C12H12FNO4. The quantitative estimate of drug-likeness (QED) is 0.769. The van der Waals surface area contributed by atoms with E-state index in [1.807, 2.05) is 0 Å². The van der Waals surface area contributed by atoms with Gasteiger partial charge in [-0.1, -0.05) is 6.07 Å². The van der Waals surface area contributed by atoms with Gasteiger partial charge in [0, 0.05) is 0 Å². The van der Waals surface area contributed by atoms with Crippen molar-refractivity contribution in [1.82, 2.24) is 0 Å². The summed E-state index contributed by atoms with van der Waals surface area (Å²) in [6.07, 6.45) is -3.23. The molecule has 2 atom stereocenters. The van der Waals surface area contributed by atoms with Crippen molar-refractivity contribution in [3.63, 3.8) is 0 Å². The molecule has 0 saturated carbocycles. The maximum atomic E-state index is 13.3. The molecule has 0 heterocycles. The van der Waals surface area contributed by atoms with Gasteiger partial charge in [-0.25, -0.2) is 4.39 Å². The highest BCUT2D eigenvalue weighted by molar-refractivity contribution is 5.69. The first-order valence-corrected chi connectivity index (χ1v) is 5.12. The minimum Gasteiger partial charge on any atom is -0.469 e. The molecule has 0 aliphatic rings. The van der Waals surface area contributed by atoms with E-state index in [9.17, 15) is 19.4 Å². The number of carbonyl (C=O) groups is 1. The lowest BCUT2D eigenvalue weighted by Gasteiger charge is -2.17. The van der Waals surface area contributed by atoms with Gasteiger partial charge >= 0.3 is 5.97 Å². The number of hydrogen-bond donors (Lipinski definition) is 2. The second-order valence-corrected chi connectivity index (χ2v) is 3.64. The number of benzene rings is 1. The van der Waals surface area contributed by atoms with Crippen LogP contribution in [0.4, 0.5) is 4.39 Å². The van der Waals surface area contributed by atoms with Crippen LogP contribution in [0.3, 0.4) is 0 Å². The monoisotopic (exact) mass is 253 g/mol. The maximum absolute atomic E-state index is 13.3. The van der Waals surface area contributed by atoms with Gasteiger partial charge in [0.2, 0.25) is 0 Å². The molecule has 2 N–H and O–H groups in total. The van der Waals surface area contributed by atoms with Crippen LogP contribution in [0.25, 0.3) is 0 Å². The number of aliphatic hydroxyl groups is 2. The number of rotatable bonds is 4. The maximum Gasteiger partial charge on any atom is 0.308 e. The molecule has 0 spiro atoms. The van der Waals surface area contributed by atoms with E-state index in [1.165, 1.54) is 12.1 Å². The average molecular weight is 253 g/mol. The fourth-order valence-electron chi connectivity index (χ4n) is 1.39. The molecule has 0 aromatic heterocycles. The molecule has 0 fully saturated rings. The third kappa shape index (κ3) is 3.26. The molecule has 6 heteroatoms. The van der Waals surface area contributed by atoms with Crippen molar-refractivity contribution in [2.45, 2.75) is 18.6 Å². The Morgan fingerprint density at radius 1 is 1.56 bits per heavy atom. The van der Waals surface area contributed by atoms with Crippen molar-refractivity contribution in [3.8, 4) is 6.07 Å². The first-order valence-electron chi connectivity index (χ1n) is 5.12. The number of carbonyl (C=O) groups excluding carboxylic acids is 1. The zero-order valence-corrected chi connectivity index (χ0v) is 9.63. The summed E-state index contributed by atoms with van der Waals surface area (Å²) in [6, 6.07) is 5.09. The van der Waals surface area contributed by atoms with Crippen molar-refractivity contribution >= 4 is 5.97 Å². The highest BCUT2D eigenvalue weighted by Crippen LogP contribution is 2.21. The molecule has 1 rings (SSSR count). The van der Waals surface area contributed by atoms with E-state index in [2.05, 4.69) is 4.74 Å². The fraction of sp³-hybridized carbons (Fsp3) is 0.333. The molecule has 0 aliphatic carbocycles. The number of aliphatic hydroxyl groups excluding tert-OH is 2. The number of halogens is 1. The first-order chi connectivity index (χ1) is 8.49. The number of hydrogen-bond acceptors (Lipinski definition) is 5. The van der Waals surface area contributed by atoms with E-state index in [0.717, 1.165) is 13.2 Å². The van der Waals surface area contributed by atoms with Crippen molar-refractivity contribution in [2.24, 2.45) is 0 Å². The van der Waals surface area contributed by atoms with Gasteiger partial charge in [0.25, 0.3) is 0 Å². The van der Waals surface area contributed by atoms with Crippen molar-refractivity contribution in [3.05, 3.63) is 35.1 Å². The molecule has 0 aliphatic heterocycles. The van der Waals surface area contributed by atoms with E-state index < -0.39 is 30.4 Å². The Labute approximate surface area is 103 Å². The summed E-state index contributed by atoms with van der Waals surface area (Å²) in [5, 5.41) is 27.8. The van der Waals surface area contributed by atoms with Crippen molar-refractivity contribution in [1.29, 1.82) is 5.26 Å². The van der Waals surface area contributed by atoms with Crippen LogP contribution in [0.5, 0.6) is 0 Å². The zero-order valence-electron chi connectivity index (χ0n) is 9.63. The predicted octanol–water partition coefficient (Wildman–Crippen LogP) is 0.655. The van der Waals surface area contributed by atoms with Crippen LogP contribution in [0.15, 0.2) is 18.2 Å². The van der Waals surface area contributed by atoms with Gasteiger partial charge < -0.3 is 14.9 Å². The summed E-state index contributed by atoms with van der Waals surface area (Å²) in [5.74, 6) is -1.48. The molecule has 1 aromatic carbocycles. The molecular weight excluding hydrogens is 241 g/mol. The Balaban J connectivity index is 2.84. The SMILES string of the molecule is COC(=O)CC(O)C(O)c1ccc(C#N)c(F)c1. The second kappa shape index (κ2) is 6.10. The van der Waals surface area contributed by atoms with Gasteiger partial charge in [-0.15, -0.1) is 0 Å². The normalized spacial score (nSPS) is 13.5. The summed E-state index contributed by atoms with van der Waals surface area (Å²) in [4.78, 5) is 10.9. The molecule has 96 valence electrons. The van der Waals surface area contributed by atoms with Gasteiger partial charge in [-0.3, -0.25) is 4.79 Å². The van der Waals surface area contributed by atoms with Gasteiger partial charge in [0.15, 0.2) is 0 Å². The molecule has 0 radical (unpaired) electrons. The fourth-order valence-corrected chi connectivity index (χ4v) is 1.39. The van der Waals surface area contributed by atoms with Crippen LogP contribution in [-0.4, -0.2) is 29.4 Å². The van der Waals surface area contributed by atoms with Crippen LogP contribution in [0.1, 0.15) is 23.7 Å². The van der Waals surface area contributed by atoms with Crippen LogP contribution >= 0.6 is 0 Å². The minimum atomic E-state index is -1.42. The number of nitrogens with zero attached hydrogens (tertiary/aromatic N) is 1. The lowest BCUT2D eigenvalue weighted by molar-refractivity contribution is -0.144. The van der Waals surface area contributed by atoms with E-state index in [1.54, 1.807) is 6.07 Å². The second-order valence-electron chi connectivity index (χ2n) is 3.64. The summed E-state index contributed by atoms with van der Waals surface area (Å²) in [5.41, 5.74) is -0.0729. The minimum absolute atomic E-state index is 0.0860. The van der Waals surface area contributed by atoms with E-state index in [-0.39, 0.29) is 11.1 Å². The molecule has 0 saturated heterocycles. The third-order valence-electron chi connectivity index (χ3n) is 2.42. The third-order valence-corrected chi connectivity index (χ3v) is 2.42. The number of methoxy groups -OCH3 is 1. The molecule has 5 nitrogen and oxygen atoms in total. The lowest BCUT2D eigenvalue weighted by Crippen LogP contribution is -2.22. The summed E-state index contributed by atoms with van der Waals surface area (Å²) in [7, 11) is 1.16. The van der Waals surface area contributed by atoms with Crippen LogP contribution in [0.2, 0.25) is 0 Å². The summed E-state index contributed by atoms with van der Waals surface area (Å²) < 4.78 is 17.6. The smallest absolute Gasteiger partial charge is 0.308 e. The Kier molecular flexibility index (Phi) is 4.77. The van der Waals surface area contributed by atoms with Crippen LogP contribution in [0, 0.1) is 17.1 Å². The number of nitriles is 1. The van der Waals surface area contributed by atoms with Gasteiger partial charge in [-0.2, -0.15) is 5.26 Å². The molecule has 18 heavy (non-hydrogen) atoms. The highest BCUT2D eigenvalue weighted by atomic mass is 19.1. The van der Waals surface area contributed by atoms with E-state index in [4.69, 9.17) is 5.26 Å². The van der Waals surface area contributed by atoms with Crippen LogP contribution < -0.4 is 0 Å². The Hall–Kier alpha value is -1.97. The Bertz CT molecular complexity index is 483. The van der Waals surface area contributed by atoms with Crippen molar-refractivity contribution in [2.75, 3.05) is 7.11 Å². The predicted molar refractivity (Wildman–Crippen MR) is 58.7 cm³/mol. The molecule has 1 aromatic rings. The molecule has 2 unspecified atom stereocenters. The zero-order chi connectivity index (χ0) is 13.7. The molecule has 0 amide bonds. The largest absolute Gasteiger partial charge is 0.469 e. The van der Waals surface area contributed by atoms with E-state index >= 15 is 0 Å².